The summed E-state index contributed by atoms with van der Waals surface area (Å²) in [5, 5.41) is 0. The second-order valence-electron chi connectivity index (χ2n) is 9.56. The molecule has 40 heavy (non-hydrogen) atoms. The van der Waals surface area contributed by atoms with E-state index in [2.05, 4.69) is 128 Å². The maximum Gasteiger partial charge on any atom is 0.158 e. The van der Waals surface area contributed by atoms with Crippen LogP contribution in [0.3, 0.4) is 0 Å². The molecular weight excluding hydrogens is 486 g/mol. The smallest absolute Gasteiger partial charge is 0.158 e. The minimum absolute atomic E-state index is 0.161. The number of hydrogen-bond acceptors (Lipinski definition) is 3. The zero-order valence-electron chi connectivity index (χ0n) is 25.4. The molecule has 210 valence electrons. The molecule has 3 heteroatoms. The fourth-order valence-electron chi connectivity index (χ4n) is 6.29. The number of pyridine rings is 1. The second kappa shape index (κ2) is 14.5. The minimum atomic E-state index is 0.161. The van der Waals surface area contributed by atoms with Crippen molar-refractivity contribution in [3.63, 3.8) is 0 Å². The summed E-state index contributed by atoms with van der Waals surface area (Å²) in [5.74, 6) is 1.06. The molecular formula is C37H47N3. The summed E-state index contributed by atoms with van der Waals surface area (Å²) < 4.78 is 0. The minimum Gasteiger partial charge on any atom is -0.316 e. The first-order chi connectivity index (χ1) is 19.8. The van der Waals surface area contributed by atoms with Crippen LogP contribution in [0.1, 0.15) is 72.8 Å². The third kappa shape index (κ3) is 5.43. The largest absolute Gasteiger partial charge is 0.316 e. The maximum absolute atomic E-state index is 4.92. The highest BCUT2D eigenvalue weighted by atomic mass is 15.5. The van der Waals surface area contributed by atoms with Crippen LogP contribution in [0.4, 0.5) is 22.9 Å². The molecule has 0 spiro atoms. The Hall–Kier alpha value is -3.85. The van der Waals surface area contributed by atoms with Crippen molar-refractivity contribution in [2.75, 3.05) is 9.80 Å². The Morgan fingerprint density at radius 3 is 2.00 bits per heavy atom. The Labute approximate surface area is 243 Å². The number of aromatic nitrogens is 1. The predicted molar refractivity (Wildman–Crippen MR) is 176 cm³/mol. The van der Waals surface area contributed by atoms with Crippen LogP contribution in [-0.2, 0) is 5.41 Å². The molecule has 0 fully saturated rings. The van der Waals surface area contributed by atoms with Crippen LogP contribution < -0.4 is 9.80 Å². The van der Waals surface area contributed by atoms with Gasteiger partial charge >= 0.3 is 0 Å². The molecule has 2 unspecified atom stereocenters. The lowest BCUT2D eigenvalue weighted by molar-refractivity contribution is 0.308. The quantitative estimate of drug-likeness (QED) is 0.238. The maximum atomic E-state index is 4.92. The van der Waals surface area contributed by atoms with Crippen LogP contribution in [0.2, 0.25) is 0 Å². The van der Waals surface area contributed by atoms with E-state index >= 15 is 0 Å². The van der Waals surface area contributed by atoms with E-state index in [1.165, 1.54) is 46.6 Å². The van der Waals surface area contributed by atoms with Gasteiger partial charge < -0.3 is 9.80 Å². The van der Waals surface area contributed by atoms with Gasteiger partial charge in [-0.15, -0.1) is 13.2 Å². The lowest BCUT2D eigenvalue weighted by Gasteiger charge is -2.48. The highest BCUT2D eigenvalue weighted by Crippen LogP contribution is 2.57. The van der Waals surface area contributed by atoms with Gasteiger partial charge in [-0.1, -0.05) is 115 Å². The highest BCUT2D eigenvalue weighted by molar-refractivity contribution is 5.92. The van der Waals surface area contributed by atoms with Crippen LogP contribution in [0, 0.1) is 0 Å². The number of benzene rings is 3. The third-order valence-corrected chi connectivity index (χ3v) is 7.81. The van der Waals surface area contributed by atoms with Gasteiger partial charge in [0.1, 0.15) is 6.17 Å². The molecule has 2 atom stereocenters. The SMILES string of the molecule is C=C.CC.CC.CCCC1(CC)CC2N(c3ccccc3-c3ccccc3)c3cccnc3N2c2ccccc21. The summed E-state index contributed by atoms with van der Waals surface area (Å²) in [7, 11) is 0. The van der Waals surface area contributed by atoms with E-state index in [0.29, 0.717) is 0 Å². The molecule has 0 bridgehead atoms. The Morgan fingerprint density at radius 2 is 1.32 bits per heavy atom. The van der Waals surface area contributed by atoms with E-state index < -0.39 is 0 Å². The molecule has 3 nitrogen and oxygen atoms in total. The summed E-state index contributed by atoms with van der Waals surface area (Å²) in [6.07, 6.45) is 6.71. The molecule has 4 aromatic rings. The average Bonchev–Trinajstić information content (AvgIpc) is 3.38. The standard InChI is InChI=1S/C31H31N3.2C2H6.C2H4/c1-3-20-31(4-2)22-29-33(26-17-10-8-15-24(26)23-13-6-5-7-14-23)28-19-12-21-32-30(28)34(29)27-18-11-9-16-25(27)31;3*1-2/h5-19,21,29H,3-4,20,22H2,1-2H3;2*1-2H3;1-2H2. The van der Waals surface area contributed by atoms with Crippen molar-refractivity contribution in [1.29, 1.82) is 0 Å². The average molecular weight is 534 g/mol. The molecule has 2 aliphatic heterocycles. The number of fused-ring (bicyclic) bond motifs is 5. The van der Waals surface area contributed by atoms with E-state index in [-0.39, 0.29) is 11.6 Å². The summed E-state index contributed by atoms with van der Waals surface area (Å²) in [6.45, 7) is 18.7. The third-order valence-electron chi connectivity index (χ3n) is 7.81. The molecule has 3 heterocycles. The van der Waals surface area contributed by atoms with Crippen molar-refractivity contribution < 1.29 is 0 Å². The zero-order valence-corrected chi connectivity index (χ0v) is 25.4. The van der Waals surface area contributed by atoms with E-state index in [9.17, 15) is 0 Å². The molecule has 6 rings (SSSR count). The number of para-hydroxylation sites is 2. The van der Waals surface area contributed by atoms with Gasteiger partial charge in [0, 0.05) is 22.9 Å². The molecule has 2 aliphatic rings. The lowest BCUT2D eigenvalue weighted by Crippen LogP contribution is -2.49. The molecule has 0 amide bonds. The van der Waals surface area contributed by atoms with Crippen molar-refractivity contribution >= 4 is 22.9 Å². The van der Waals surface area contributed by atoms with E-state index in [1.807, 2.05) is 33.9 Å². The van der Waals surface area contributed by atoms with E-state index in [0.717, 1.165) is 18.7 Å². The van der Waals surface area contributed by atoms with Gasteiger partial charge in [-0.3, -0.25) is 0 Å². The van der Waals surface area contributed by atoms with Gasteiger partial charge in [0.2, 0.25) is 0 Å². The number of hydrogen-bond donors (Lipinski definition) is 0. The van der Waals surface area contributed by atoms with Crippen LogP contribution in [0.15, 0.2) is 110 Å². The number of anilines is 4. The summed E-state index contributed by atoms with van der Waals surface area (Å²) in [5.41, 5.74) is 7.89. The first-order valence-electron chi connectivity index (χ1n) is 15.0. The molecule has 0 saturated carbocycles. The van der Waals surface area contributed by atoms with Gasteiger partial charge in [0.25, 0.3) is 0 Å². The molecule has 0 aliphatic carbocycles. The van der Waals surface area contributed by atoms with Gasteiger partial charge in [0.05, 0.1) is 11.4 Å². The van der Waals surface area contributed by atoms with Crippen LogP contribution in [-0.4, -0.2) is 11.1 Å². The van der Waals surface area contributed by atoms with Gasteiger partial charge in [-0.2, -0.15) is 0 Å². The number of rotatable bonds is 5. The Balaban J connectivity index is 0.000000691. The van der Waals surface area contributed by atoms with E-state index in [4.69, 9.17) is 4.98 Å². The van der Waals surface area contributed by atoms with Crippen LogP contribution in [0.5, 0.6) is 0 Å². The van der Waals surface area contributed by atoms with Crippen molar-refractivity contribution in [2.24, 2.45) is 0 Å². The molecule has 1 aromatic heterocycles. The fourth-order valence-corrected chi connectivity index (χ4v) is 6.29. The molecule has 3 aromatic carbocycles. The van der Waals surface area contributed by atoms with Gasteiger partial charge in [-0.05, 0) is 54.7 Å². The van der Waals surface area contributed by atoms with Crippen molar-refractivity contribution in [2.45, 2.75) is 78.8 Å². The topological polar surface area (TPSA) is 19.4 Å². The lowest BCUT2D eigenvalue weighted by atomic mass is 9.68. The monoisotopic (exact) mass is 533 g/mol. The summed E-state index contributed by atoms with van der Waals surface area (Å²) >= 11 is 0. The van der Waals surface area contributed by atoms with Crippen molar-refractivity contribution in [1.82, 2.24) is 4.98 Å². The normalized spacial score (nSPS) is 17.9. The summed E-state index contributed by atoms with van der Waals surface area (Å²) in [6, 6.07) is 32.9. The first-order valence-corrected chi connectivity index (χ1v) is 15.0. The Kier molecular flexibility index (Phi) is 11.1. The van der Waals surface area contributed by atoms with Crippen molar-refractivity contribution in [3.05, 3.63) is 116 Å². The van der Waals surface area contributed by atoms with Crippen molar-refractivity contribution in [3.8, 4) is 11.1 Å². The van der Waals surface area contributed by atoms with Gasteiger partial charge in [0.15, 0.2) is 5.82 Å². The Morgan fingerprint density at radius 1 is 0.725 bits per heavy atom. The molecule has 0 radical (unpaired) electrons. The second-order valence-corrected chi connectivity index (χ2v) is 9.56. The van der Waals surface area contributed by atoms with Gasteiger partial charge in [-0.25, -0.2) is 4.98 Å². The zero-order chi connectivity index (χ0) is 29.1. The first kappa shape index (κ1) is 30.7. The highest BCUT2D eigenvalue weighted by Gasteiger charge is 2.49. The fraction of sp³-hybridized carbons (Fsp3) is 0.324. The molecule has 0 saturated heterocycles. The number of nitrogens with zero attached hydrogens (tertiary/aromatic N) is 3. The van der Waals surface area contributed by atoms with Crippen LogP contribution >= 0.6 is 0 Å². The molecule has 0 N–H and O–H groups in total. The van der Waals surface area contributed by atoms with Crippen LogP contribution in [0.25, 0.3) is 11.1 Å². The predicted octanol–water partition coefficient (Wildman–Crippen LogP) is 11.1. The Bertz CT molecular complexity index is 1330. The summed E-state index contributed by atoms with van der Waals surface area (Å²) in [4.78, 5) is 9.98. The van der Waals surface area contributed by atoms with E-state index in [1.54, 1.807) is 0 Å².